The second-order valence-corrected chi connectivity index (χ2v) is 5.62. The van der Waals surface area contributed by atoms with E-state index in [0.29, 0.717) is 13.0 Å². The molecular weight excluding hydrogens is 242 g/mol. The Morgan fingerprint density at radius 1 is 1.26 bits per heavy atom. The van der Waals surface area contributed by atoms with Crippen LogP contribution in [0.5, 0.6) is 0 Å². The van der Waals surface area contributed by atoms with Gasteiger partial charge in [-0.1, -0.05) is 30.3 Å². The van der Waals surface area contributed by atoms with Gasteiger partial charge in [-0.25, -0.2) is 0 Å². The van der Waals surface area contributed by atoms with Crippen molar-refractivity contribution in [1.29, 1.82) is 0 Å². The summed E-state index contributed by atoms with van der Waals surface area (Å²) in [6.07, 6.45) is 0.388. The van der Waals surface area contributed by atoms with E-state index >= 15 is 0 Å². The Morgan fingerprint density at radius 2 is 1.84 bits per heavy atom. The van der Waals surface area contributed by atoms with E-state index in [9.17, 15) is 9.90 Å². The first-order valence-electron chi connectivity index (χ1n) is 6.37. The molecule has 0 spiro atoms. The van der Waals surface area contributed by atoms with Crippen molar-refractivity contribution in [3.8, 4) is 0 Å². The Bertz CT molecular complexity index is 417. The fraction of sp³-hybridized carbons (Fsp3) is 0.533. The third-order valence-electron chi connectivity index (χ3n) is 3.33. The minimum Gasteiger partial charge on any atom is -0.480 e. The maximum absolute atomic E-state index is 11.5. The molecule has 1 aromatic carbocycles. The Morgan fingerprint density at radius 3 is 2.32 bits per heavy atom. The molecule has 0 amide bonds. The molecule has 0 heterocycles. The highest BCUT2D eigenvalue weighted by Crippen LogP contribution is 2.24. The van der Waals surface area contributed by atoms with Crippen LogP contribution < -0.4 is 5.32 Å². The van der Waals surface area contributed by atoms with Gasteiger partial charge in [0.15, 0.2) is 0 Å². The number of benzene rings is 1. The minimum absolute atomic E-state index is 0.388. The zero-order valence-electron chi connectivity index (χ0n) is 12.1. The van der Waals surface area contributed by atoms with Crippen LogP contribution in [0.15, 0.2) is 30.3 Å². The summed E-state index contributed by atoms with van der Waals surface area (Å²) in [4.78, 5) is 11.5. The molecule has 1 rings (SSSR count). The second-order valence-electron chi connectivity index (χ2n) is 5.62. The third-order valence-corrected chi connectivity index (χ3v) is 3.33. The van der Waals surface area contributed by atoms with Gasteiger partial charge in [-0.15, -0.1) is 0 Å². The van der Waals surface area contributed by atoms with E-state index in [4.69, 9.17) is 4.74 Å². The van der Waals surface area contributed by atoms with Gasteiger partial charge >= 0.3 is 5.97 Å². The van der Waals surface area contributed by atoms with Gasteiger partial charge in [-0.2, -0.15) is 0 Å². The molecule has 106 valence electrons. The van der Waals surface area contributed by atoms with E-state index in [1.54, 1.807) is 14.0 Å². The number of hydrogen-bond donors (Lipinski definition) is 2. The zero-order valence-corrected chi connectivity index (χ0v) is 12.1. The van der Waals surface area contributed by atoms with Gasteiger partial charge in [-0.05, 0) is 26.3 Å². The van der Waals surface area contributed by atoms with Crippen molar-refractivity contribution in [1.82, 2.24) is 5.32 Å². The predicted molar refractivity (Wildman–Crippen MR) is 75.0 cm³/mol. The van der Waals surface area contributed by atoms with Crippen molar-refractivity contribution < 1.29 is 14.6 Å². The van der Waals surface area contributed by atoms with E-state index < -0.39 is 17.1 Å². The summed E-state index contributed by atoms with van der Waals surface area (Å²) in [7, 11) is 1.60. The first-order chi connectivity index (χ1) is 8.79. The molecule has 0 saturated heterocycles. The lowest BCUT2D eigenvalue weighted by atomic mass is 9.87. The van der Waals surface area contributed by atoms with Gasteiger partial charge in [-0.3, -0.25) is 10.1 Å². The van der Waals surface area contributed by atoms with E-state index in [1.165, 1.54) is 0 Å². The van der Waals surface area contributed by atoms with Crippen LogP contribution in [0.25, 0.3) is 0 Å². The number of nitrogens with one attached hydrogen (secondary N) is 1. The average molecular weight is 265 g/mol. The standard InChI is InChI=1S/C15H23NO3/c1-14(2,19-4)11-15(3,13(17)18)16-10-12-8-6-5-7-9-12/h5-9,16H,10-11H2,1-4H3,(H,17,18). The average Bonchev–Trinajstić information content (AvgIpc) is 2.37. The molecule has 1 unspecified atom stereocenters. The highest BCUT2D eigenvalue weighted by Gasteiger charge is 2.38. The van der Waals surface area contributed by atoms with Crippen molar-refractivity contribution in [2.75, 3.05) is 7.11 Å². The van der Waals surface area contributed by atoms with Gasteiger partial charge in [0.2, 0.25) is 0 Å². The first-order valence-corrected chi connectivity index (χ1v) is 6.37. The topological polar surface area (TPSA) is 58.6 Å². The number of methoxy groups -OCH3 is 1. The molecule has 0 radical (unpaired) electrons. The number of carboxylic acids is 1. The van der Waals surface area contributed by atoms with Crippen molar-refractivity contribution in [3.63, 3.8) is 0 Å². The molecule has 0 aliphatic rings. The van der Waals surface area contributed by atoms with E-state index in [0.717, 1.165) is 5.56 Å². The highest BCUT2D eigenvalue weighted by molar-refractivity contribution is 5.78. The summed E-state index contributed by atoms with van der Waals surface area (Å²) >= 11 is 0. The maximum Gasteiger partial charge on any atom is 0.323 e. The van der Waals surface area contributed by atoms with Gasteiger partial charge < -0.3 is 9.84 Å². The molecule has 0 aliphatic carbocycles. The Labute approximate surface area is 114 Å². The lowest BCUT2D eigenvalue weighted by molar-refractivity contribution is -0.147. The van der Waals surface area contributed by atoms with E-state index in [2.05, 4.69) is 5.32 Å². The zero-order chi connectivity index (χ0) is 14.5. The Balaban J connectivity index is 2.75. The summed E-state index contributed by atoms with van der Waals surface area (Å²) in [6, 6.07) is 9.75. The van der Waals surface area contributed by atoms with Crippen LogP contribution in [0.1, 0.15) is 32.8 Å². The van der Waals surface area contributed by atoms with E-state index in [1.807, 2.05) is 44.2 Å². The highest BCUT2D eigenvalue weighted by atomic mass is 16.5. The van der Waals surface area contributed by atoms with Gasteiger partial charge in [0.05, 0.1) is 5.60 Å². The summed E-state index contributed by atoms with van der Waals surface area (Å²) in [5.74, 6) is -0.867. The van der Waals surface area contributed by atoms with Crippen molar-refractivity contribution in [3.05, 3.63) is 35.9 Å². The SMILES string of the molecule is COC(C)(C)CC(C)(NCc1ccccc1)C(=O)O. The van der Waals surface area contributed by atoms with Gasteiger partial charge in [0.25, 0.3) is 0 Å². The van der Waals surface area contributed by atoms with Crippen LogP contribution in [-0.4, -0.2) is 29.3 Å². The molecule has 19 heavy (non-hydrogen) atoms. The molecule has 0 fully saturated rings. The lowest BCUT2D eigenvalue weighted by Gasteiger charge is -2.34. The van der Waals surface area contributed by atoms with Crippen LogP contribution in [-0.2, 0) is 16.1 Å². The molecule has 1 aromatic rings. The fourth-order valence-electron chi connectivity index (χ4n) is 2.03. The summed E-state index contributed by atoms with van der Waals surface area (Å²) in [6.45, 7) is 5.99. The molecule has 4 heteroatoms. The number of hydrogen-bond acceptors (Lipinski definition) is 3. The van der Waals surface area contributed by atoms with Crippen LogP contribution in [0.4, 0.5) is 0 Å². The van der Waals surface area contributed by atoms with Crippen molar-refractivity contribution in [2.24, 2.45) is 0 Å². The summed E-state index contributed by atoms with van der Waals surface area (Å²) in [5, 5.41) is 12.6. The Kier molecular flexibility index (Phi) is 5.09. The fourth-order valence-corrected chi connectivity index (χ4v) is 2.03. The van der Waals surface area contributed by atoms with E-state index in [-0.39, 0.29) is 0 Å². The largest absolute Gasteiger partial charge is 0.480 e. The van der Waals surface area contributed by atoms with Crippen LogP contribution in [0.2, 0.25) is 0 Å². The van der Waals surface area contributed by atoms with Crippen LogP contribution >= 0.6 is 0 Å². The van der Waals surface area contributed by atoms with Gasteiger partial charge in [0, 0.05) is 20.1 Å². The summed E-state index contributed by atoms with van der Waals surface area (Å²) < 4.78 is 5.33. The molecular formula is C15H23NO3. The van der Waals surface area contributed by atoms with Crippen molar-refractivity contribution >= 4 is 5.97 Å². The molecule has 1 atom stereocenters. The lowest BCUT2D eigenvalue weighted by Crippen LogP contribution is -2.53. The number of ether oxygens (including phenoxy) is 1. The molecule has 0 aromatic heterocycles. The number of rotatable bonds is 7. The normalized spacial score (nSPS) is 14.9. The number of aliphatic carboxylic acids is 1. The number of carbonyl (C=O) groups is 1. The monoisotopic (exact) mass is 265 g/mol. The maximum atomic E-state index is 11.5. The Hall–Kier alpha value is -1.39. The number of carboxylic acid groups (broad SMARTS) is 1. The second kappa shape index (κ2) is 6.17. The molecule has 4 nitrogen and oxygen atoms in total. The third kappa shape index (κ3) is 4.65. The smallest absolute Gasteiger partial charge is 0.323 e. The summed E-state index contributed by atoms with van der Waals surface area (Å²) in [5.41, 5.74) is -0.447. The molecule has 2 N–H and O–H groups in total. The van der Waals surface area contributed by atoms with Crippen LogP contribution in [0, 0.1) is 0 Å². The predicted octanol–water partition coefficient (Wildman–Crippen LogP) is 2.43. The quantitative estimate of drug-likeness (QED) is 0.795. The van der Waals surface area contributed by atoms with Crippen LogP contribution in [0.3, 0.4) is 0 Å². The molecule has 0 bridgehead atoms. The van der Waals surface area contributed by atoms with Gasteiger partial charge in [0.1, 0.15) is 5.54 Å². The molecule has 0 aliphatic heterocycles. The first kappa shape index (κ1) is 15.7. The minimum atomic E-state index is -1.02. The van der Waals surface area contributed by atoms with Crippen molar-refractivity contribution in [2.45, 2.75) is 44.9 Å². The molecule has 0 saturated carbocycles.